The summed E-state index contributed by atoms with van der Waals surface area (Å²) < 4.78 is 5.32. The fraction of sp³-hybridized carbons (Fsp3) is 0.455. The molecule has 19 heavy (non-hydrogen) atoms. The molecule has 0 aliphatic heterocycles. The molecule has 2 N–H and O–H groups in total. The third kappa shape index (κ3) is 4.02. The van der Waals surface area contributed by atoms with Crippen LogP contribution < -0.4 is 15.4 Å². The van der Waals surface area contributed by atoms with Gasteiger partial charge in [0.25, 0.3) is 0 Å². The van der Waals surface area contributed by atoms with Crippen molar-refractivity contribution in [3.63, 3.8) is 0 Å². The first kappa shape index (κ1) is 13.5. The van der Waals surface area contributed by atoms with E-state index in [9.17, 15) is 0 Å². The summed E-state index contributed by atoms with van der Waals surface area (Å²) in [6, 6.07) is 0.320. The molecular formula is C11H16N6OS. The Kier molecular flexibility index (Phi) is 4.85. The highest BCUT2D eigenvalue weighted by Gasteiger charge is 2.06. The van der Waals surface area contributed by atoms with Crippen LogP contribution in [0.4, 0.5) is 11.9 Å². The molecule has 2 aromatic rings. The van der Waals surface area contributed by atoms with Crippen LogP contribution in [0.3, 0.4) is 0 Å². The lowest BCUT2D eigenvalue weighted by Crippen LogP contribution is -2.10. The van der Waals surface area contributed by atoms with Crippen LogP contribution in [0.15, 0.2) is 11.7 Å². The van der Waals surface area contributed by atoms with Gasteiger partial charge in [-0.1, -0.05) is 0 Å². The van der Waals surface area contributed by atoms with Crippen LogP contribution in [0.5, 0.6) is 6.01 Å². The van der Waals surface area contributed by atoms with Gasteiger partial charge < -0.3 is 15.4 Å². The van der Waals surface area contributed by atoms with Crippen molar-refractivity contribution in [3.8, 4) is 6.01 Å². The molecule has 0 fully saturated rings. The van der Waals surface area contributed by atoms with E-state index in [1.165, 1.54) is 0 Å². The topological polar surface area (TPSA) is 84.9 Å². The van der Waals surface area contributed by atoms with E-state index in [2.05, 4.69) is 30.6 Å². The van der Waals surface area contributed by atoms with Crippen LogP contribution in [0, 0.1) is 0 Å². The van der Waals surface area contributed by atoms with Gasteiger partial charge in [-0.15, -0.1) is 11.3 Å². The number of rotatable bonds is 7. The maximum absolute atomic E-state index is 5.32. The van der Waals surface area contributed by atoms with Gasteiger partial charge in [0.1, 0.15) is 0 Å². The highest BCUT2D eigenvalue weighted by Crippen LogP contribution is 2.13. The number of nitrogens with one attached hydrogen (secondary N) is 2. The molecule has 0 amide bonds. The zero-order valence-corrected chi connectivity index (χ0v) is 11.7. The predicted octanol–water partition coefficient (Wildman–Crippen LogP) is 1.77. The summed E-state index contributed by atoms with van der Waals surface area (Å²) in [7, 11) is 0. The van der Waals surface area contributed by atoms with E-state index in [-0.39, 0.29) is 0 Å². The Morgan fingerprint density at radius 2 is 1.95 bits per heavy atom. The van der Waals surface area contributed by atoms with Gasteiger partial charge >= 0.3 is 6.01 Å². The van der Waals surface area contributed by atoms with E-state index in [0.29, 0.717) is 31.1 Å². The maximum Gasteiger partial charge on any atom is 0.323 e. The van der Waals surface area contributed by atoms with E-state index < -0.39 is 0 Å². The van der Waals surface area contributed by atoms with Gasteiger partial charge in [-0.3, -0.25) is 4.98 Å². The maximum atomic E-state index is 5.32. The van der Waals surface area contributed by atoms with Crippen LogP contribution in [0.25, 0.3) is 0 Å². The van der Waals surface area contributed by atoms with Gasteiger partial charge in [0, 0.05) is 17.6 Å². The number of hydrogen-bond donors (Lipinski definition) is 2. The van der Waals surface area contributed by atoms with Crippen LogP contribution in [-0.4, -0.2) is 33.1 Å². The van der Waals surface area contributed by atoms with Gasteiger partial charge in [0.2, 0.25) is 11.9 Å². The van der Waals surface area contributed by atoms with Crippen LogP contribution >= 0.6 is 11.3 Å². The highest BCUT2D eigenvalue weighted by molar-refractivity contribution is 7.09. The first-order chi connectivity index (χ1) is 9.31. The molecular weight excluding hydrogens is 264 g/mol. The Morgan fingerprint density at radius 1 is 1.16 bits per heavy atom. The molecule has 0 spiro atoms. The molecule has 8 heteroatoms. The molecule has 0 bridgehead atoms. The zero-order chi connectivity index (χ0) is 13.5. The van der Waals surface area contributed by atoms with E-state index in [0.717, 1.165) is 11.4 Å². The Morgan fingerprint density at radius 3 is 2.58 bits per heavy atom. The quantitative estimate of drug-likeness (QED) is 0.799. The third-order valence-electron chi connectivity index (χ3n) is 2.13. The first-order valence-corrected chi connectivity index (χ1v) is 6.93. The molecule has 2 rings (SSSR count). The van der Waals surface area contributed by atoms with Crippen molar-refractivity contribution in [1.82, 2.24) is 19.9 Å². The number of aromatic nitrogens is 4. The molecule has 0 saturated carbocycles. The lowest BCUT2D eigenvalue weighted by Gasteiger charge is -2.08. The number of hydrogen-bond acceptors (Lipinski definition) is 8. The summed E-state index contributed by atoms with van der Waals surface area (Å²) in [5.41, 5.74) is 1.79. The average Bonchev–Trinajstić information content (AvgIpc) is 2.90. The Labute approximate surface area is 115 Å². The lowest BCUT2D eigenvalue weighted by atomic mass is 10.5. The van der Waals surface area contributed by atoms with Crippen molar-refractivity contribution in [3.05, 3.63) is 16.6 Å². The minimum Gasteiger partial charge on any atom is -0.464 e. The zero-order valence-electron chi connectivity index (χ0n) is 10.9. The second kappa shape index (κ2) is 6.83. The Bertz CT molecular complexity index is 480. The van der Waals surface area contributed by atoms with Crippen molar-refractivity contribution in [2.24, 2.45) is 0 Å². The third-order valence-corrected chi connectivity index (χ3v) is 2.91. The van der Waals surface area contributed by atoms with Crippen molar-refractivity contribution < 1.29 is 4.74 Å². The summed E-state index contributed by atoms with van der Waals surface area (Å²) in [4.78, 5) is 17.7. The van der Waals surface area contributed by atoms with Gasteiger partial charge in [0.05, 0.1) is 18.7 Å². The largest absolute Gasteiger partial charge is 0.464 e. The second-order valence-corrected chi connectivity index (χ2v) is 4.52. The monoisotopic (exact) mass is 280 g/mol. The fourth-order valence-corrected chi connectivity index (χ4v) is 1.90. The van der Waals surface area contributed by atoms with Gasteiger partial charge in [-0.05, 0) is 13.8 Å². The van der Waals surface area contributed by atoms with Crippen molar-refractivity contribution >= 4 is 23.2 Å². The molecule has 0 unspecified atom stereocenters. The van der Waals surface area contributed by atoms with Crippen molar-refractivity contribution in [1.29, 1.82) is 0 Å². The minimum absolute atomic E-state index is 0.320. The molecule has 0 aromatic carbocycles. The van der Waals surface area contributed by atoms with Crippen LogP contribution in [0.1, 0.15) is 18.7 Å². The molecule has 2 heterocycles. The van der Waals surface area contributed by atoms with E-state index >= 15 is 0 Å². The average molecular weight is 280 g/mol. The standard InChI is InChI=1S/C11H16N6OS/c1-3-13-9-15-10(17-11(16-9)18-4-2)14-6-8-5-12-7-19-8/h5,7H,3-4,6H2,1-2H3,(H2,13,14,15,16,17). The van der Waals surface area contributed by atoms with Gasteiger partial charge in [0.15, 0.2) is 0 Å². The predicted molar refractivity (Wildman–Crippen MR) is 74.6 cm³/mol. The minimum atomic E-state index is 0.320. The van der Waals surface area contributed by atoms with Gasteiger partial charge in [-0.25, -0.2) is 0 Å². The van der Waals surface area contributed by atoms with E-state index in [1.807, 2.05) is 20.0 Å². The molecule has 0 aliphatic rings. The molecule has 0 aliphatic carbocycles. The van der Waals surface area contributed by atoms with E-state index in [1.54, 1.807) is 16.8 Å². The second-order valence-electron chi connectivity index (χ2n) is 3.55. The Balaban J connectivity index is 2.08. The van der Waals surface area contributed by atoms with Crippen molar-refractivity contribution in [2.75, 3.05) is 23.8 Å². The summed E-state index contributed by atoms with van der Waals surface area (Å²) in [5, 5.41) is 6.18. The number of nitrogens with zero attached hydrogens (tertiary/aromatic N) is 4. The van der Waals surface area contributed by atoms with E-state index in [4.69, 9.17) is 4.74 Å². The molecule has 0 radical (unpaired) electrons. The number of anilines is 2. The summed E-state index contributed by atoms with van der Waals surface area (Å²) in [6.07, 6.45) is 1.81. The number of thiazole rings is 1. The first-order valence-electron chi connectivity index (χ1n) is 6.05. The molecule has 0 atom stereocenters. The highest BCUT2D eigenvalue weighted by atomic mass is 32.1. The van der Waals surface area contributed by atoms with Gasteiger partial charge in [-0.2, -0.15) is 15.0 Å². The SMILES string of the molecule is CCNc1nc(NCc2cncs2)nc(OCC)n1. The normalized spacial score (nSPS) is 10.2. The van der Waals surface area contributed by atoms with Crippen LogP contribution in [-0.2, 0) is 6.54 Å². The summed E-state index contributed by atoms with van der Waals surface area (Å²) in [5.74, 6) is 0.996. The summed E-state index contributed by atoms with van der Waals surface area (Å²) in [6.45, 7) is 5.76. The summed E-state index contributed by atoms with van der Waals surface area (Å²) >= 11 is 1.58. The molecule has 102 valence electrons. The lowest BCUT2D eigenvalue weighted by molar-refractivity contribution is 0.312. The smallest absolute Gasteiger partial charge is 0.323 e. The molecule has 7 nitrogen and oxygen atoms in total. The molecule has 2 aromatic heterocycles. The molecule has 0 saturated heterocycles. The van der Waals surface area contributed by atoms with Crippen molar-refractivity contribution in [2.45, 2.75) is 20.4 Å². The van der Waals surface area contributed by atoms with Crippen LogP contribution in [0.2, 0.25) is 0 Å². The Hall–Kier alpha value is -1.96. The number of ether oxygens (including phenoxy) is 1. The fourth-order valence-electron chi connectivity index (χ4n) is 1.36.